The fraction of sp³-hybridized carbons (Fsp3) is 0.263. The lowest BCUT2D eigenvalue weighted by atomic mass is 10.0. The summed E-state index contributed by atoms with van der Waals surface area (Å²) in [5.74, 6) is -0.305. The molecule has 0 spiro atoms. The van der Waals surface area contributed by atoms with E-state index in [2.05, 4.69) is 20.3 Å². The van der Waals surface area contributed by atoms with Gasteiger partial charge in [-0.1, -0.05) is 12.1 Å². The van der Waals surface area contributed by atoms with Crippen molar-refractivity contribution in [2.75, 3.05) is 19.6 Å². The molecule has 1 aromatic carbocycles. The van der Waals surface area contributed by atoms with Gasteiger partial charge >= 0.3 is 0 Å². The first-order valence-corrected chi connectivity index (χ1v) is 9.55. The number of halogens is 1. The lowest BCUT2D eigenvalue weighted by Crippen LogP contribution is -2.49. The molecule has 1 saturated heterocycles. The third-order valence-corrected chi connectivity index (χ3v) is 5.38. The maximum absolute atomic E-state index is 13.6. The zero-order valence-electron chi connectivity index (χ0n) is 14.5. The highest BCUT2D eigenvalue weighted by atomic mass is 32.1. The van der Waals surface area contributed by atoms with Crippen molar-refractivity contribution in [3.05, 3.63) is 65.3 Å². The highest BCUT2D eigenvalue weighted by molar-refractivity contribution is 7.13. The van der Waals surface area contributed by atoms with Crippen LogP contribution in [-0.4, -0.2) is 45.4 Å². The normalized spacial score (nSPS) is 17.1. The average molecular weight is 383 g/mol. The molecular weight excluding hydrogens is 365 g/mol. The molecule has 27 heavy (non-hydrogen) atoms. The highest BCUT2D eigenvalue weighted by Crippen LogP contribution is 2.25. The zero-order chi connectivity index (χ0) is 18.6. The Morgan fingerprint density at radius 2 is 2.30 bits per heavy atom. The van der Waals surface area contributed by atoms with E-state index in [9.17, 15) is 9.18 Å². The SMILES string of the molecule is O=C(Cc1csc(-c2cnccn2)n1)N1CCNCC1c1cccc(F)c1. The fourth-order valence-corrected chi connectivity index (χ4v) is 3.97. The summed E-state index contributed by atoms with van der Waals surface area (Å²) in [5, 5.41) is 5.90. The summed E-state index contributed by atoms with van der Waals surface area (Å²) < 4.78 is 13.6. The molecule has 2 aromatic heterocycles. The second-order valence-corrected chi connectivity index (χ2v) is 7.13. The van der Waals surface area contributed by atoms with Crippen LogP contribution in [0.25, 0.3) is 10.7 Å². The van der Waals surface area contributed by atoms with E-state index in [4.69, 9.17) is 0 Å². The second-order valence-electron chi connectivity index (χ2n) is 6.27. The Balaban J connectivity index is 1.50. The highest BCUT2D eigenvalue weighted by Gasteiger charge is 2.28. The molecule has 1 aliphatic heterocycles. The summed E-state index contributed by atoms with van der Waals surface area (Å²) in [6, 6.07) is 6.26. The van der Waals surface area contributed by atoms with Gasteiger partial charge in [0, 0.05) is 37.4 Å². The molecule has 1 unspecified atom stereocenters. The summed E-state index contributed by atoms with van der Waals surface area (Å²) in [6.45, 7) is 1.91. The largest absolute Gasteiger partial charge is 0.333 e. The maximum atomic E-state index is 13.6. The zero-order valence-corrected chi connectivity index (χ0v) is 15.3. The van der Waals surface area contributed by atoms with Crippen molar-refractivity contribution in [1.82, 2.24) is 25.2 Å². The smallest absolute Gasteiger partial charge is 0.229 e. The van der Waals surface area contributed by atoms with Gasteiger partial charge < -0.3 is 10.2 Å². The molecule has 8 heteroatoms. The molecule has 1 fully saturated rings. The van der Waals surface area contributed by atoms with Gasteiger partial charge in [-0.2, -0.15) is 0 Å². The quantitative estimate of drug-likeness (QED) is 0.749. The average Bonchev–Trinajstić information content (AvgIpc) is 3.17. The lowest BCUT2D eigenvalue weighted by molar-refractivity contribution is -0.133. The number of thiazole rings is 1. The molecule has 0 saturated carbocycles. The van der Waals surface area contributed by atoms with Crippen LogP contribution in [-0.2, 0) is 11.2 Å². The number of amides is 1. The van der Waals surface area contributed by atoms with Crippen LogP contribution in [0.1, 0.15) is 17.3 Å². The van der Waals surface area contributed by atoms with E-state index >= 15 is 0 Å². The molecule has 0 bridgehead atoms. The van der Waals surface area contributed by atoms with Crippen LogP contribution in [0.4, 0.5) is 4.39 Å². The molecule has 3 aromatic rings. The van der Waals surface area contributed by atoms with Crippen molar-refractivity contribution < 1.29 is 9.18 Å². The predicted molar refractivity (Wildman–Crippen MR) is 101 cm³/mol. The third-order valence-electron chi connectivity index (χ3n) is 4.46. The number of rotatable bonds is 4. The number of nitrogens with zero attached hydrogens (tertiary/aromatic N) is 4. The van der Waals surface area contributed by atoms with Crippen molar-refractivity contribution in [2.45, 2.75) is 12.5 Å². The fourth-order valence-electron chi connectivity index (χ4n) is 3.19. The molecule has 0 aliphatic carbocycles. The van der Waals surface area contributed by atoms with Crippen LogP contribution in [0.5, 0.6) is 0 Å². The van der Waals surface area contributed by atoms with Crippen molar-refractivity contribution in [3.63, 3.8) is 0 Å². The Labute approximate surface area is 160 Å². The standard InChI is InChI=1S/C19H18FN5OS/c20-14-3-1-2-13(8-14)17-11-22-6-7-25(17)18(26)9-15-12-27-19(24-15)16-10-21-4-5-23-16/h1-5,8,10,12,17,22H,6-7,9,11H2. The van der Waals surface area contributed by atoms with Crippen LogP contribution in [0.2, 0.25) is 0 Å². The van der Waals surface area contributed by atoms with Gasteiger partial charge in [0.15, 0.2) is 0 Å². The summed E-state index contributed by atoms with van der Waals surface area (Å²) in [4.78, 5) is 27.5. The van der Waals surface area contributed by atoms with Crippen LogP contribution in [0.3, 0.4) is 0 Å². The Morgan fingerprint density at radius 1 is 1.37 bits per heavy atom. The van der Waals surface area contributed by atoms with Gasteiger partial charge in [0.2, 0.25) is 5.91 Å². The van der Waals surface area contributed by atoms with Crippen LogP contribution < -0.4 is 5.32 Å². The first kappa shape index (κ1) is 17.7. The minimum Gasteiger partial charge on any atom is -0.333 e. The lowest BCUT2D eigenvalue weighted by Gasteiger charge is -2.36. The summed E-state index contributed by atoms with van der Waals surface area (Å²) in [6.07, 6.45) is 5.09. The van der Waals surface area contributed by atoms with E-state index in [0.29, 0.717) is 24.5 Å². The van der Waals surface area contributed by atoms with Gasteiger partial charge in [0.05, 0.1) is 24.4 Å². The number of aromatic nitrogens is 3. The Hall–Kier alpha value is -2.71. The topological polar surface area (TPSA) is 71.0 Å². The Kier molecular flexibility index (Phi) is 5.17. The summed E-state index contributed by atoms with van der Waals surface area (Å²) in [5.41, 5.74) is 2.21. The minimum absolute atomic E-state index is 0.0123. The number of benzene rings is 1. The number of hydrogen-bond acceptors (Lipinski definition) is 6. The minimum atomic E-state index is -0.293. The molecule has 1 atom stereocenters. The van der Waals surface area contributed by atoms with E-state index in [0.717, 1.165) is 17.1 Å². The molecule has 0 radical (unpaired) electrons. The molecule has 1 N–H and O–H groups in total. The molecule has 1 aliphatic rings. The van der Waals surface area contributed by atoms with E-state index in [1.165, 1.54) is 23.5 Å². The number of carbonyl (C=O) groups excluding carboxylic acids is 1. The van der Waals surface area contributed by atoms with Gasteiger partial charge in [-0.25, -0.2) is 9.37 Å². The predicted octanol–water partition coefficient (Wildman–Crippen LogP) is 2.45. The molecule has 138 valence electrons. The van der Waals surface area contributed by atoms with E-state index in [1.54, 1.807) is 24.7 Å². The molecule has 4 rings (SSSR count). The number of hydrogen-bond donors (Lipinski definition) is 1. The number of piperazine rings is 1. The van der Waals surface area contributed by atoms with Crippen molar-refractivity contribution in [3.8, 4) is 10.7 Å². The first-order valence-electron chi connectivity index (χ1n) is 8.67. The first-order chi connectivity index (χ1) is 13.2. The van der Waals surface area contributed by atoms with Gasteiger partial charge in [-0.05, 0) is 17.7 Å². The van der Waals surface area contributed by atoms with Crippen LogP contribution in [0.15, 0.2) is 48.2 Å². The van der Waals surface area contributed by atoms with E-state index < -0.39 is 0 Å². The van der Waals surface area contributed by atoms with Crippen LogP contribution >= 0.6 is 11.3 Å². The number of nitrogens with one attached hydrogen (secondary N) is 1. The summed E-state index contributed by atoms with van der Waals surface area (Å²) >= 11 is 1.44. The molecule has 6 nitrogen and oxygen atoms in total. The van der Waals surface area contributed by atoms with E-state index in [1.807, 2.05) is 16.3 Å². The monoisotopic (exact) mass is 383 g/mol. The Bertz CT molecular complexity index is 933. The van der Waals surface area contributed by atoms with Crippen molar-refractivity contribution in [2.24, 2.45) is 0 Å². The molecular formula is C19H18FN5OS. The van der Waals surface area contributed by atoms with Crippen LogP contribution in [0, 0.1) is 5.82 Å². The molecule has 3 heterocycles. The molecule has 1 amide bonds. The third kappa shape index (κ3) is 4.01. The second kappa shape index (κ2) is 7.89. The number of carbonyl (C=O) groups is 1. The van der Waals surface area contributed by atoms with Gasteiger partial charge in [-0.15, -0.1) is 11.3 Å². The van der Waals surface area contributed by atoms with Gasteiger partial charge in [0.25, 0.3) is 0 Å². The van der Waals surface area contributed by atoms with E-state index in [-0.39, 0.29) is 24.2 Å². The Morgan fingerprint density at radius 3 is 3.11 bits per heavy atom. The van der Waals surface area contributed by atoms with Gasteiger partial charge in [-0.3, -0.25) is 14.8 Å². The maximum Gasteiger partial charge on any atom is 0.229 e. The van der Waals surface area contributed by atoms with Crippen molar-refractivity contribution >= 4 is 17.2 Å². The van der Waals surface area contributed by atoms with Gasteiger partial charge in [0.1, 0.15) is 16.5 Å². The van der Waals surface area contributed by atoms with Crippen molar-refractivity contribution in [1.29, 1.82) is 0 Å². The summed E-state index contributed by atoms with van der Waals surface area (Å²) in [7, 11) is 0.